The van der Waals surface area contributed by atoms with Crippen LogP contribution in [0.15, 0.2) is 41.8 Å². The summed E-state index contributed by atoms with van der Waals surface area (Å²) >= 11 is 0. The Balaban J connectivity index is 2.00. The van der Waals surface area contributed by atoms with Crippen LogP contribution in [0.3, 0.4) is 0 Å². The molecule has 0 saturated carbocycles. The number of benzene rings is 1. The van der Waals surface area contributed by atoms with Crippen LogP contribution in [-0.2, 0) is 14.8 Å². The van der Waals surface area contributed by atoms with Gasteiger partial charge in [-0.15, -0.1) is 6.58 Å². The van der Waals surface area contributed by atoms with E-state index in [1.807, 2.05) is 0 Å². The van der Waals surface area contributed by atoms with E-state index >= 15 is 0 Å². The summed E-state index contributed by atoms with van der Waals surface area (Å²) in [6.45, 7) is 6.49. The van der Waals surface area contributed by atoms with Crippen molar-refractivity contribution in [3.63, 3.8) is 0 Å². The molecule has 28 heavy (non-hydrogen) atoms. The molecule has 2 amide bonds. The second kappa shape index (κ2) is 9.81. The Morgan fingerprint density at radius 2 is 1.82 bits per heavy atom. The summed E-state index contributed by atoms with van der Waals surface area (Å²) in [5.41, 5.74) is 0.445. The van der Waals surface area contributed by atoms with E-state index in [0.29, 0.717) is 31.7 Å². The van der Waals surface area contributed by atoms with Gasteiger partial charge in [-0.05, 0) is 30.7 Å². The smallest absolute Gasteiger partial charge is 0.253 e. The van der Waals surface area contributed by atoms with Crippen LogP contribution in [0.4, 0.5) is 0 Å². The molecule has 1 aromatic rings. The topological polar surface area (TPSA) is 90.0 Å². The maximum Gasteiger partial charge on any atom is 0.253 e. The number of likely N-dealkylation sites (N-methyl/N-ethyl adjacent to an activating group) is 1. The maximum absolute atomic E-state index is 12.8. The molecule has 0 unspecified atom stereocenters. The minimum absolute atomic E-state index is 0.0432. The molecule has 1 heterocycles. The number of carbonyl (C=O) groups is 2. The van der Waals surface area contributed by atoms with Crippen molar-refractivity contribution in [1.29, 1.82) is 0 Å². The molecule has 0 bridgehead atoms. The molecule has 0 atom stereocenters. The summed E-state index contributed by atoms with van der Waals surface area (Å²) in [5.74, 6) is -0.0922. The third kappa shape index (κ3) is 5.88. The van der Waals surface area contributed by atoms with Gasteiger partial charge in [-0.1, -0.05) is 6.08 Å². The number of sulfonamides is 1. The summed E-state index contributed by atoms with van der Waals surface area (Å²) < 4.78 is 26.6. The van der Waals surface area contributed by atoms with Crippen molar-refractivity contribution in [2.45, 2.75) is 11.3 Å². The fourth-order valence-electron chi connectivity index (χ4n) is 2.88. The minimum Gasteiger partial charge on any atom is -0.348 e. The van der Waals surface area contributed by atoms with Crippen molar-refractivity contribution in [2.24, 2.45) is 0 Å². The predicted octanol–water partition coefficient (Wildman–Crippen LogP) is 0.387. The second-order valence-electron chi connectivity index (χ2n) is 6.88. The molecule has 8 nitrogen and oxygen atoms in total. The summed E-state index contributed by atoms with van der Waals surface area (Å²) in [4.78, 5) is 30.1. The summed E-state index contributed by atoms with van der Waals surface area (Å²) in [6, 6.07) is 5.92. The van der Waals surface area contributed by atoms with Crippen molar-refractivity contribution in [1.82, 2.24) is 19.4 Å². The highest BCUT2D eigenvalue weighted by atomic mass is 32.2. The molecular weight excluding hydrogens is 380 g/mol. The van der Waals surface area contributed by atoms with Crippen LogP contribution in [0.2, 0.25) is 0 Å². The molecule has 2 rings (SSSR count). The number of nitrogens with one attached hydrogen (secondary N) is 1. The third-order valence-corrected chi connectivity index (χ3v) is 6.00. The number of nitrogens with zero attached hydrogens (tertiary/aromatic N) is 3. The van der Waals surface area contributed by atoms with Gasteiger partial charge in [-0.2, -0.15) is 0 Å². The van der Waals surface area contributed by atoms with Crippen molar-refractivity contribution in [3.8, 4) is 0 Å². The number of carbonyl (C=O) groups excluding carboxylic acids is 2. The zero-order valence-electron chi connectivity index (χ0n) is 16.4. The Bertz CT molecular complexity index is 806. The van der Waals surface area contributed by atoms with Crippen LogP contribution in [0.5, 0.6) is 0 Å². The monoisotopic (exact) mass is 408 g/mol. The fraction of sp³-hybridized carbons (Fsp3) is 0.474. The van der Waals surface area contributed by atoms with Crippen LogP contribution in [0.25, 0.3) is 0 Å². The lowest BCUT2D eigenvalue weighted by Crippen LogP contribution is -2.39. The molecule has 1 N–H and O–H groups in total. The quantitative estimate of drug-likeness (QED) is 0.659. The molecule has 0 spiro atoms. The molecule has 1 aliphatic heterocycles. The van der Waals surface area contributed by atoms with Gasteiger partial charge >= 0.3 is 0 Å². The SMILES string of the molecule is C=CCNS(=O)(=O)c1ccc(C(=O)N2CCCN(CC(=O)N(C)C)CC2)cc1. The van der Waals surface area contributed by atoms with Crippen LogP contribution in [0.1, 0.15) is 16.8 Å². The Hall–Kier alpha value is -2.23. The Morgan fingerprint density at radius 1 is 1.14 bits per heavy atom. The molecule has 1 aliphatic rings. The predicted molar refractivity (Wildman–Crippen MR) is 107 cm³/mol. The Morgan fingerprint density at radius 3 is 2.43 bits per heavy atom. The van der Waals surface area contributed by atoms with E-state index < -0.39 is 10.0 Å². The lowest BCUT2D eigenvalue weighted by atomic mass is 10.2. The Labute approximate surface area is 166 Å². The van der Waals surface area contributed by atoms with Crippen LogP contribution in [-0.4, -0.2) is 88.3 Å². The van der Waals surface area contributed by atoms with Gasteiger partial charge in [0.25, 0.3) is 5.91 Å². The van der Waals surface area contributed by atoms with Gasteiger partial charge in [0.05, 0.1) is 11.4 Å². The number of rotatable bonds is 7. The average molecular weight is 409 g/mol. The largest absolute Gasteiger partial charge is 0.348 e. The summed E-state index contributed by atoms with van der Waals surface area (Å²) in [6.07, 6.45) is 2.24. The highest BCUT2D eigenvalue weighted by molar-refractivity contribution is 7.89. The second-order valence-corrected chi connectivity index (χ2v) is 8.64. The zero-order chi connectivity index (χ0) is 20.7. The normalized spacial score (nSPS) is 15.7. The van der Waals surface area contributed by atoms with Crippen molar-refractivity contribution < 1.29 is 18.0 Å². The maximum atomic E-state index is 12.8. The molecule has 1 fully saturated rings. The lowest BCUT2D eigenvalue weighted by molar-refractivity contribution is -0.129. The summed E-state index contributed by atoms with van der Waals surface area (Å²) in [7, 11) is -0.152. The van der Waals surface area contributed by atoms with Crippen molar-refractivity contribution in [2.75, 3.05) is 53.4 Å². The molecule has 0 aromatic heterocycles. The van der Waals surface area contributed by atoms with E-state index in [2.05, 4.69) is 16.2 Å². The lowest BCUT2D eigenvalue weighted by Gasteiger charge is -2.23. The third-order valence-electron chi connectivity index (χ3n) is 4.56. The van der Waals surface area contributed by atoms with Crippen molar-refractivity contribution in [3.05, 3.63) is 42.5 Å². The number of hydrogen-bond donors (Lipinski definition) is 1. The molecule has 0 aliphatic carbocycles. The first-order chi connectivity index (χ1) is 13.2. The highest BCUT2D eigenvalue weighted by Gasteiger charge is 2.22. The van der Waals surface area contributed by atoms with Crippen LogP contribution < -0.4 is 4.72 Å². The first kappa shape index (κ1) is 22.1. The fourth-order valence-corrected chi connectivity index (χ4v) is 3.87. The minimum atomic E-state index is -3.61. The van der Waals surface area contributed by atoms with Gasteiger partial charge < -0.3 is 9.80 Å². The van der Waals surface area contributed by atoms with Gasteiger partial charge in [0.15, 0.2) is 0 Å². The first-order valence-corrected chi connectivity index (χ1v) is 10.7. The molecule has 1 saturated heterocycles. The van der Waals surface area contributed by atoms with Crippen LogP contribution in [0, 0.1) is 0 Å². The summed E-state index contributed by atoms with van der Waals surface area (Å²) in [5, 5.41) is 0. The van der Waals surface area contributed by atoms with Crippen molar-refractivity contribution >= 4 is 21.8 Å². The van der Waals surface area contributed by atoms with E-state index in [-0.39, 0.29) is 23.3 Å². The van der Waals surface area contributed by atoms with E-state index in [1.54, 1.807) is 23.9 Å². The van der Waals surface area contributed by atoms with Gasteiger partial charge in [0.2, 0.25) is 15.9 Å². The first-order valence-electron chi connectivity index (χ1n) is 9.17. The standard InChI is InChI=1S/C19H28N4O4S/c1-4-10-20-28(26,27)17-8-6-16(7-9-17)19(25)23-12-5-11-22(13-14-23)15-18(24)21(2)3/h4,6-9,20H,1,5,10-15H2,2-3H3. The van der Waals surface area contributed by atoms with Gasteiger partial charge in [-0.3, -0.25) is 14.5 Å². The number of amides is 2. The average Bonchev–Trinajstić information content (AvgIpc) is 2.91. The number of hydrogen-bond acceptors (Lipinski definition) is 5. The Kier molecular flexibility index (Phi) is 7.73. The van der Waals surface area contributed by atoms with E-state index in [0.717, 1.165) is 13.0 Å². The van der Waals surface area contributed by atoms with Crippen LogP contribution >= 0.6 is 0 Å². The molecule has 1 aromatic carbocycles. The van der Waals surface area contributed by atoms with E-state index in [4.69, 9.17) is 0 Å². The highest BCUT2D eigenvalue weighted by Crippen LogP contribution is 2.14. The van der Waals surface area contributed by atoms with E-state index in [9.17, 15) is 18.0 Å². The van der Waals surface area contributed by atoms with Gasteiger partial charge in [-0.25, -0.2) is 13.1 Å². The zero-order valence-corrected chi connectivity index (χ0v) is 17.2. The van der Waals surface area contributed by atoms with Gasteiger partial charge in [0, 0.05) is 52.4 Å². The molecule has 154 valence electrons. The van der Waals surface area contributed by atoms with E-state index in [1.165, 1.54) is 30.3 Å². The molecule has 9 heteroatoms. The molecular formula is C19H28N4O4S. The van der Waals surface area contributed by atoms with Gasteiger partial charge in [0.1, 0.15) is 0 Å². The molecule has 0 radical (unpaired) electrons.